The Hall–Kier alpha value is -3.09. The largest absolute Gasteiger partial charge is 0.459 e. The molecule has 1 saturated heterocycles. The SMILES string of the molecule is NC(=O)c1ccc(NC(=O)C2CCCN2C(=O)c2ccco2)cc1. The zero-order valence-electron chi connectivity index (χ0n) is 12.9. The molecule has 0 spiro atoms. The Kier molecular flexibility index (Phi) is 4.33. The van der Waals surface area contributed by atoms with Crippen molar-refractivity contribution in [3.63, 3.8) is 0 Å². The second kappa shape index (κ2) is 6.57. The van der Waals surface area contributed by atoms with E-state index < -0.39 is 11.9 Å². The number of hydrogen-bond donors (Lipinski definition) is 2. The van der Waals surface area contributed by atoms with Crippen LogP contribution in [0.2, 0.25) is 0 Å². The van der Waals surface area contributed by atoms with Crippen LogP contribution < -0.4 is 11.1 Å². The van der Waals surface area contributed by atoms with Crippen LogP contribution in [0.3, 0.4) is 0 Å². The van der Waals surface area contributed by atoms with Gasteiger partial charge in [0, 0.05) is 17.8 Å². The molecule has 0 bridgehead atoms. The zero-order valence-corrected chi connectivity index (χ0v) is 12.9. The number of nitrogens with one attached hydrogen (secondary N) is 1. The molecule has 2 heterocycles. The van der Waals surface area contributed by atoms with Crippen LogP contribution >= 0.6 is 0 Å². The Bertz CT molecular complexity index is 753. The molecular formula is C17H17N3O4. The molecule has 0 radical (unpaired) electrons. The Morgan fingerprint density at radius 2 is 1.92 bits per heavy atom. The van der Waals surface area contributed by atoms with Crippen molar-refractivity contribution in [1.82, 2.24) is 4.90 Å². The smallest absolute Gasteiger partial charge is 0.290 e. The van der Waals surface area contributed by atoms with E-state index >= 15 is 0 Å². The first-order chi connectivity index (χ1) is 11.6. The molecule has 0 saturated carbocycles. The topological polar surface area (TPSA) is 106 Å². The molecule has 1 aromatic heterocycles. The normalized spacial score (nSPS) is 16.8. The zero-order chi connectivity index (χ0) is 17.1. The molecule has 3 amide bonds. The van der Waals surface area contributed by atoms with E-state index in [0.717, 1.165) is 6.42 Å². The predicted octanol–water partition coefficient (Wildman–Crippen LogP) is 1.62. The number of carbonyl (C=O) groups is 3. The Labute approximate surface area is 138 Å². The first-order valence-electron chi connectivity index (χ1n) is 7.61. The van der Waals surface area contributed by atoms with Gasteiger partial charge in [0.15, 0.2) is 5.76 Å². The molecule has 124 valence electrons. The van der Waals surface area contributed by atoms with Gasteiger partial charge in [0.2, 0.25) is 11.8 Å². The summed E-state index contributed by atoms with van der Waals surface area (Å²) in [5, 5.41) is 2.76. The van der Waals surface area contributed by atoms with E-state index in [4.69, 9.17) is 10.2 Å². The van der Waals surface area contributed by atoms with Gasteiger partial charge in [-0.15, -0.1) is 0 Å². The van der Waals surface area contributed by atoms with E-state index in [1.807, 2.05) is 0 Å². The Morgan fingerprint density at radius 1 is 1.17 bits per heavy atom. The third kappa shape index (κ3) is 3.15. The van der Waals surface area contributed by atoms with E-state index in [1.54, 1.807) is 36.4 Å². The fraction of sp³-hybridized carbons (Fsp3) is 0.235. The molecule has 1 aliphatic heterocycles. The average Bonchev–Trinajstić information content (AvgIpc) is 3.26. The number of nitrogens with two attached hydrogens (primary N) is 1. The molecule has 1 aliphatic rings. The first kappa shape index (κ1) is 15.8. The fourth-order valence-corrected chi connectivity index (χ4v) is 2.77. The van der Waals surface area contributed by atoms with E-state index in [0.29, 0.717) is 24.2 Å². The molecule has 1 atom stereocenters. The van der Waals surface area contributed by atoms with Crippen LogP contribution in [0.4, 0.5) is 5.69 Å². The number of amides is 3. The average molecular weight is 327 g/mol. The van der Waals surface area contributed by atoms with E-state index in [2.05, 4.69) is 5.32 Å². The molecule has 24 heavy (non-hydrogen) atoms. The second-order valence-corrected chi connectivity index (χ2v) is 5.56. The number of nitrogens with zero attached hydrogens (tertiary/aromatic N) is 1. The summed E-state index contributed by atoms with van der Waals surface area (Å²) in [6, 6.07) is 8.96. The van der Waals surface area contributed by atoms with Crippen molar-refractivity contribution in [3.8, 4) is 0 Å². The monoisotopic (exact) mass is 327 g/mol. The van der Waals surface area contributed by atoms with E-state index in [1.165, 1.54) is 11.2 Å². The van der Waals surface area contributed by atoms with Gasteiger partial charge < -0.3 is 20.4 Å². The number of primary amides is 1. The van der Waals surface area contributed by atoms with Crippen LogP contribution in [0.1, 0.15) is 33.8 Å². The summed E-state index contributed by atoms with van der Waals surface area (Å²) in [7, 11) is 0. The number of likely N-dealkylation sites (tertiary alicyclic amines) is 1. The van der Waals surface area contributed by atoms with Gasteiger partial charge in [-0.1, -0.05) is 0 Å². The Balaban J connectivity index is 1.69. The number of hydrogen-bond acceptors (Lipinski definition) is 4. The number of benzene rings is 1. The summed E-state index contributed by atoms with van der Waals surface area (Å²) < 4.78 is 5.12. The van der Waals surface area contributed by atoms with Crippen molar-refractivity contribution in [1.29, 1.82) is 0 Å². The third-order valence-electron chi connectivity index (χ3n) is 3.99. The third-order valence-corrected chi connectivity index (χ3v) is 3.99. The highest BCUT2D eigenvalue weighted by atomic mass is 16.3. The minimum absolute atomic E-state index is 0.223. The lowest BCUT2D eigenvalue weighted by atomic mass is 10.1. The van der Waals surface area contributed by atoms with Crippen molar-refractivity contribution < 1.29 is 18.8 Å². The standard InChI is InChI=1S/C17H17N3O4/c18-15(21)11-5-7-12(8-6-11)19-16(22)13-3-1-9-20(13)17(23)14-4-2-10-24-14/h2,4-8,10,13H,1,3,9H2,(H2,18,21)(H,19,22). The van der Waals surface area contributed by atoms with Crippen LogP contribution in [0.5, 0.6) is 0 Å². The highest BCUT2D eigenvalue weighted by Gasteiger charge is 2.35. The predicted molar refractivity (Wildman–Crippen MR) is 86.4 cm³/mol. The Morgan fingerprint density at radius 3 is 2.54 bits per heavy atom. The lowest BCUT2D eigenvalue weighted by molar-refractivity contribution is -0.119. The van der Waals surface area contributed by atoms with Crippen LogP contribution in [-0.2, 0) is 4.79 Å². The lowest BCUT2D eigenvalue weighted by Crippen LogP contribution is -2.43. The maximum atomic E-state index is 12.5. The van der Waals surface area contributed by atoms with Gasteiger partial charge in [0.05, 0.1) is 6.26 Å². The highest BCUT2D eigenvalue weighted by molar-refractivity contribution is 6.01. The van der Waals surface area contributed by atoms with Gasteiger partial charge in [-0.2, -0.15) is 0 Å². The first-order valence-corrected chi connectivity index (χ1v) is 7.61. The van der Waals surface area contributed by atoms with Crippen LogP contribution in [0.25, 0.3) is 0 Å². The molecule has 1 fully saturated rings. The summed E-state index contributed by atoms with van der Waals surface area (Å²) in [5.74, 6) is -0.861. The molecular weight excluding hydrogens is 310 g/mol. The number of furan rings is 1. The molecule has 0 aliphatic carbocycles. The minimum atomic E-state index is -0.543. The number of carbonyl (C=O) groups excluding carboxylic acids is 3. The van der Waals surface area contributed by atoms with Crippen molar-refractivity contribution in [2.45, 2.75) is 18.9 Å². The van der Waals surface area contributed by atoms with E-state index in [9.17, 15) is 14.4 Å². The summed E-state index contributed by atoms with van der Waals surface area (Å²) in [5.41, 5.74) is 6.09. The molecule has 1 aromatic carbocycles. The van der Waals surface area contributed by atoms with Gasteiger partial charge in [0.25, 0.3) is 5.91 Å². The summed E-state index contributed by atoms with van der Waals surface area (Å²) >= 11 is 0. The molecule has 7 nitrogen and oxygen atoms in total. The molecule has 7 heteroatoms. The minimum Gasteiger partial charge on any atom is -0.459 e. The van der Waals surface area contributed by atoms with Crippen LogP contribution in [0, 0.1) is 0 Å². The number of anilines is 1. The maximum Gasteiger partial charge on any atom is 0.290 e. The van der Waals surface area contributed by atoms with Gasteiger partial charge in [-0.25, -0.2) is 0 Å². The number of rotatable bonds is 4. The van der Waals surface area contributed by atoms with Crippen molar-refractivity contribution in [2.75, 3.05) is 11.9 Å². The molecule has 1 unspecified atom stereocenters. The summed E-state index contributed by atoms with van der Waals surface area (Å²) in [4.78, 5) is 37.5. The van der Waals surface area contributed by atoms with Crippen molar-refractivity contribution in [2.24, 2.45) is 5.73 Å². The van der Waals surface area contributed by atoms with Gasteiger partial charge in [-0.3, -0.25) is 14.4 Å². The quantitative estimate of drug-likeness (QED) is 0.890. The van der Waals surface area contributed by atoms with Crippen molar-refractivity contribution in [3.05, 3.63) is 54.0 Å². The van der Waals surface area contributed by atoms with Crippen LogP contribution in [-0.4, -0.2) is 35.2 Å². The molecule has 3 N–H and O–H groups in total. The van der Waals surface area contributed by atoms with Gasteiger partial charge in [-0.05, 0) is 49.2 Å². The summed E-state index contributed by atoms with van der Waals surface area (Å²) in [6.07, 6.45) is 2.78. The van der Waals surface area contributed by atoms with Gasteiger partial charge >= 0.3 is 0 Å². The fourth-order valence-electron chi connectivity index (χ4n) is 2.77. The summed E-state index contributed by atoms with van der Waals surface area (Å²) in [6.45, 7) is 0.512. The maximum absolute atomic E-state index is 12.5. The van der Waals surface area contributed by atoms with Crippen molar-refractivity contribution >= 4 is 23.4 Å². The highest BCUT2D eigenvalue weighted by Crippen LogP contribution is 2.22. The second-order valence-electron chi connectivity index (χ2n) is 5.56. The van der Waals surface area contributed by atoms with Gasteiger partial charge in [0.1, 0.15) is 6.04 Å². The van der Waals surface area contributed by atoms with Crippen LogP contribution in [0.15, 0.2) is 47.1 Å². The molecule has 2 aromatic rings. The molecule has 3 rings (SSSR count). The lowest BCUT2D eigenvalue weighted by Gasteiger charge is -2.23. The van der Waals surface area contributed by atoms with E-state index in [-0.39, 0.29) is 17.6 Å².